The van der Waals surface area contributed by atoms with Gasteiger partial charge in [0.15, 0.2) is 0 Å². The number of non-ortho nitro benzene ring substituents is 1. The Morgan fingerprint density at radius 1 is 1.19 bits per heavy atom. The van der Waals surface area contributed by atoms with Gasteiger partial charge < -0.3 is 19.0 Å². The largest absolute Gasteiger partial charge is 0.467 e. The van der Waals surface area contributed by atoms with Crippen molar-refractivity contribution in [2.75, 3.05) is 26.2 Å². The van der Waals surface area contributed by atoms with E-state index >= 15 is 0 Å². The molecule has 0 saturated carbocycles. The zero-order valence-electron chi connectivity index (χ0n) is 18.3. The van der Waals surface area contributed by atoms with E-state index in [9.17, 15) is 19.7 Å². The van der Waals surface area contributed by atoms with E-state index in [0.29, 0.717) is 37.6 Å². The SMILES string of the molecule is CCCCN(CC(=O)N(Cc1ccco1)CC1CCCO1)C(=O)c1ccc([N+](=O)[O-])cc1. The maximum absolute atomic E-state index is 13.3. The number of ether oxygens (including phenoxy) is 1. The van der Waals surface area contributed by atoms with E-state index in [-0.39, 0.29) is 30.2 Å². The van der Waals surface area contributed by atoms with Gasteiger partial charge in [0.05, 0.1) is 23.8 Å². The highest BCUT2D eigenvalue weighted by Gasteiger charge is 2.26. The lowest BCUT2D eigenvalue weighted by molar-refractivity contribution is -0.384. The normalized spacial score (nSPS) is 15.5. The second-order valence-electron chi connectivity index (χ2n) is 7.87. The number of nitrogens with zero attached hydrogens (tertiary/aromatic N) is 3. The van der Waals surface area contributed by atoms with Gasteiger partial charge in [0, 0.05) is 37.4 Å². The van der Waals surface area contributed by atoms with Crippen molar-refractivity contribution in [2.45, 2.75) is 45.3 Å². The second-order valence-corrected chi connectivity index (χ2v) is 7.87. The van der Waals surface area contributed by atoms with Crippen LogP contribution in [0.2, 0.25) is 0 Å². The van der Waals surface area contributed by atoms with Crippen LogP contribution in [0.15, 0.2) is 47.1 Å². The average Bonchev–Trinajstić information content (AvgIpc) is 3.50. The number of furan rings is 1. The molecule has 1 aliphatic rings. The number of hydrogen-bond donors (Lipinski definition) is 0. The van der Waals surface area contributed by atoms with Gasteiger partial charge in [0.1, 0.15) is 12.3 Å². The summed E-state index contributed by atoms with van der Waals surface area (Å²) in [7, 11) is 0. The van der Waals surface area contributed by atoms with E-state index in [2.05, 4.69) is 0 Å². The zero-order valence-corrected chi connectivity index (χ0v) is 18.3. The zero-order chi connectivity index (χ0) is 22.9. The molecule has 0 N–H and O–H groups in total. The molecule has 1 saturated heterocycles. The molecule has 2 amide bonds. The molecule has 1 atom stereocenters. The van der Waals surface area contributed by atoms with Gasteiger partial charge >= 0.3 is 0 Å². The minimum atomic E-state index is -0.510. The minimum absolute atomic E-state index is 0.0246. The van der Waals surface area contributed by atoms with Crippen molar-refractivity contribution >= 4 is 17.5 Å². The number of hydrogen-bond acceptors (Lipinski definition) is 6. The van der Waals surface area contributed by atoms with Crippen molar-refractivity contribution in [1.29, 1.82) is 0 Å². The highest BCUT2D eigenvalue weighted by atomic mass is 16.6. The summed E-state index contributed by atoms with van der Waals surface area (Å²) in [5.74, 6) is 0.151. The molecule has 0 radical (unpaired) electrons. The van der Waals surface area contributed by atoms with Gasteiger partial charge in [0.2, 0.25) is 5.91 Å². The van der Waals surface area contributed by atoms with E-state index in [1.165, 1.54) is 29.2 Å². The van der Waals surface area contributed by atoms with Crippen LogP contribution in [0.1, 0.15) is 48.7 Å². The van der Waals surface area contributed by atoms with Crippen molar-refractivity contribution in [3.63, 3.8) is 0 Å². The Morgan fingerprint density at radius 3 is 2.56 bits per heavy atom. The first kappa shape index (κ1) is 23.5. The maximum atomic E-state index is 13.3. The first-order valence-corrected chi connectivity index (χ1v) is 10.9. The summed E-state index contributed by atoms with van der Waals surface area (Å²) in [6.07, 6.45) is 5.01. The fourth-order valence-electron chi connectivity index (χ4n) is 3.65. The molecular weight excluding hydrogens is 414 g/mol. The van der Waals surface area contributed by atoms with Crippen molar-refractivity contribution in [1.82, 2.24) is 9.80 Å². The number of carbonyl (C=O) groups is 2. The third kappa shape index (κ3) is 6.40. The molecule has 1 aromatic carbocycles. The second kappa shape index (κ2) is 11.4. The third-order valence-corrected chi connectivity index (χ3v) is 5.45. The Balaban J connectivity index is 1.73. The fraction of sp³-hybridized carbons (Fsp3) is 0.478. The summed E-state index contributed by atoms with van der Waals surface area (Å²) in [6.45, 7) is 3.79. The summed E-state index contributed by atoms with van der Waals surface area (Å²) < 4.78 is 11.1. The summed E-state index contributed by atoms with van der Waals surface area (Å²) in [5, 5.41) is 10.9. The lowest BCUT2D eigenvalue weighted by atomic mass is 10.1. The highest BCUT2D eigenvalue weighted by molar-refractivity contribution is 5.96. The Bertz CT molecular complexity index is 891. The lowest BCUT2D eigenvalue weighted by Gasteiger charge is -2.29. The minimum Gasteiger partial charge on any atom is -0.467 e. The van der Waals surface area contributed by atoms with Gasteiger partial charge in [-0.2, -0.15) is 0 Å². The Kier molecular flexibility index (Phi) is 8.38. The van der Waals surface area contributed by atoms with Gasteiger partial charge in [-0.3, -0.25) is 19.7 Å². The number of nitro benzene ring substituents is 1. The molecule has 2 aromatic rings. The molecule has 3 rings (SSSR count). The number of carbonyl (C=O) groups excluding carboxylic acids is 2. The number of unbranched alkanes of at least 4 members (excludes halogenated alkanes) is 1. The predicted octanol–water partition coefficient (Wildman–Crippen LogP) is 3.64. The molecule has 1 aromatic heterocycles. The highest BCUT2D eigenvalue weighted by Crippen LogP contribution is 2.17. The third-order valence-electron chi connectivity index (χ3n) is 5.45. The smallest absolute Gasteiger partial charge is 0.269 e. The van der Waals surface area contributed by atoms with Gasteiger partial charge in [-0.25, -0.2) is 0 Å². The number of amides is 2. The van der Waals surface area contributed by atoms with Crippen LogP contribution in [0, 0.1) is 10.1 Å². The van der Waals surface area contributed by atoms with Crippen molar-refractivity contribution in [3.05, 3.63) is 64.1 Å². The van der Waals surface area contributed by atoms with Gasteiger partial charge in [-0.05, 0) is 43.5 Å². The van der Waals surface area contributed by atoms with Crippen LogP contribution in [0.3, 0.4) is 0 Å². The molecular formula is C23H29N3O6. The monoisotopic (exact) mass is 443 g/mol. The van der Waals surface area contributed by atoms with E-state index in [1.807, 2.05) is 13.0 Å². The molecule has 9 heteroatoms. The summed E-state index contributed by atoms with van der Waals surface area (Å²) in [6, 6.07) is 9.04. The molecule has 9 nitrogen and oxygen atoms in total. The van der Waals surface area contributed by atoms with Gasteiger partial charge in [-0.15, -0.1) is 0 Å². The van der Waals surface area contributed by atoms with E-state index in [1.54, 1.807) is 17.2 Å². The molecule has 172 valence electrons. The van der Waals surface area contributed by atoms with Gasteiger partial charge in [-0.1, -0.05) is 13.3 Å². The van der Waals surface area contributed by atoms with Crippen LogP contribution in [-0.4, -0.2) is 58.9 Å². The molecule has 32 heavy (non-hydrogen) atoms. The molecule has 1 unspecified atom stereocenters. The molecule has 1 fully saturated rings. The Labute approximate surface area is 187 Å². The van der Waals surface area contributed by atoms with Crippen molar-refractivity contribution < 1.29 is 23.7 Å². The average molecular weight is 444 g/mol. The molecule has 0 aliphatic carbocycles. The van der Waals surface area contributed by atoms with Crippen LogP contribution in [0.4, 0.5) is 5.69 Å². The molecule has 2 heterocycles. The van der Waals surface area contributed by atoms with Crippen LogP contribution >= 0.6 is 0 Å². The molecule has 0 bridgehead atoms. The Morgan fingerprint density at radius 2 is 1.97 bits per heavy atom. The molecule has 0 spiro atoms. The predicted molar refractivity (Wildman–Crippen MR) is 117 cm³/mol. The van der Waals surface area contributed by atoms with E-state index in [4.69, 9.17) is 9.15 Å². The van der Waals surface area contributed by atoms with Crippen LogP contribution in [0.25, 0.3) is 0 Å². The fourth-order valence-corrected chi connectivity index (χ4v) is 3.65. The summed E-state index contributed by atoms with van der Waals surface area (Å²) >= 11 is 0. The lowest BCUT2D eigenvalue weighted by Crippen LogP contribution is -2.45. The summed E-state index contributed by atoms with van der Waals surface area (Å²) in [5.41, 5.74) is 0.232. The van der Waals surface area contributed by atoms with E-state index in [0.717, 1.165) is 25.7 Å². The van der Waals surface area contributed by atoms with Crippen molar-refractivity contribution in [2.24, 2.45) is 0 Å². The number of nitro groups is 1. The standard InChI is InChI=1S/C23H29N3O6/c1-2-3-12-24(23(28)18-8-10-19(11-9-18)26(29)30)17-22(27)25(15-20-6-4-13-31-20)16-21-7-5-14-32-21/h4,6,8-11,13,21H,2-3,5,7,12,14-17H2,1H3. The number of rotatable bonds is 11. The van der Waals surface area contributed by atoms with Gasteiger partial charge in [0.25, 0.3) is 11.6 Å². The van der Waals surface area contributed by atoms with E-state index < -0.39 is 4.92 Å². The topological polar surface area (TPSA) is 106 Å². The quantitative estimate of drug-likeness (QED) is 0.388. The maximum Gasteiger partial charge on any atom is 0.269 e. The first-order chi connectivity index (χ1) is 15.5. The first-order valence-electron chi connectivity index (χ1n) is 10.9. The Hall–Kier alpha value is -3.20. The van der Waals surface area contributed by atoms with Crippen LogP contribution in [-0.2, 0) is 16.1 Å². The van der Waals surface area contributed by atoms with Crippen LogP contribution in [0.5, 0.6) is 0 Å². The summed E-state index contributed by atoms with van der Waals surface area (Å²) in [4.78, 5) is 39.9. The molecule has 1 aliphatic heterocycles. The van der Waals surface area contributed by atoms with Crippen LogP contribution < -0.4 is 0 Å². The number of benzene rings is 1. The van der Waals surface area contributed by atoms with Crippen molar-refractivity contribution in [3.8, 4) is 0 Å².